The van der Waals surface area contributed by atoms with Gasteiger partial charge in [0.1, 0.15) is 5.82 Å². The first-order valence-corrected chi connectivity index (χ1v) is 6.74. The van der Waals surface area contributed by atoms with E-state index in [1.54, 1.807) is 6.20 Å². The van der Waals surface area contributed by atoms with E-state index in [9.17, 15) is 0 Å². The van der Waals surface area contributed by atoms with Crippen LogP contribution >= 0.6 is 27.5 Å². The number of aromatic nitrogens is 2. The molecule has 1 saturated carbocycles. The Morgan fingerprint density at radius 3 is 2.88 bits per heavy atom. The van der Waals surface area contributed by atoms with Crippen LogP contribution in [0.4, 0.5) is 5.82 Å². The fourth-order valence-electron chi connectivity index (χ4n) is 2.07. The van der Waals surface area contributed by atoms with Gasteiger partial charge in [0.15, 0.2) is 0 Å². The largest absolute Gasteiger partial charge is 0.368 e. The summed E-state index contributed by atoms with van der Waals surface area (Å²) in [4.78, 5) is 8.07. The number of nitrogens with zero attached hydrogens (tertiary/aromatic N) is 2. The molecular weight excluding hydrogens is 289 g/mol. The van der Waals surface area contributed by atoms with Crippen molar-refractivity contribution in [2.45, 2.75) is 32.6 Å². The summed E-state index contributed by atoms with van der Waals surface area (Å²) >= 11 is 9.18. The molecule has 0 radical (unpaired) electrons. The topological polar surface area (TPSA) is 37.8 Å². The highest BCUT2D eigenvalue weighted by Gasteiger charge is 2.34. The zero-order valence-corrected chi connectivity index (χ0v) is 11.6. The van der Waals surface area contributed by atoms with Gasteiger partial charge in [0.25, 0.3) is 0 Å². The molecule has 1 aliphatic rings. The molecule has 3 nitrogen and oxygen atoms in total. The second-order valence-electron chi connectivity index (χ2n) is 4.40. The summed E-state index contributed by atoms with van der Waals surface area (Å²) in [7, 11) is 0. The van der Waals surface area contributed by atoms with Crippen LogP contribution in [0.5, 0.6) is 0 Å². The minimum absolute atomic E-state index is 0.282. The van der Waals surface area contributed by atoms with Crippen molar-refractivity contribution in [1.29, 1.82) is 0 Å². The van der Waals surface area contributed by atoms with E-state index in [0.29, 0.717) is 5.41 Å². The molecule has 0 atom stereocenters. The highest BCUT2D eigenvalue weighted by atomic mass is 79.9. The van der Waals surface area contributed by atoms with Crippen LogP contribution in [-0.2, 0) is 0 Å². The van der Waals surface area contributed by atoms with Crippen molar-refractivity contribution in [3.63, 3.8) is 0 Å². The molecule has 1 fully saturated rings. The van der Waals surface area contributed by atoms with Crippen molar-refractivity contribution in [2.24, 2.45) is 5.41 Å². The lowest BCUT2D eigenvalue weighted by Gasteiger charge is -2.41. The molecule has 0 aliphatic heterocycles. The second kappa shape index (κ2) is 4.88. The number of nitrogens with one attached hydrogen (secondary N) is 1. The van der Waals surface area contributed by atoms with Crippen LogP contribution in [0.1, 0.15) is 32.6 Å². The van der Waals surface area contributed by atoms with Crippen LogP contribution in [0.2, 0.25) is 5.28 Å². The predicted octanol–water partition coefficient (Wildman–Crippen LogP) is 3.88. The molecule has 1 heterocycles. The molecule has 88 valence electrons. The number of halogens is 2. The third-order valence-electron chi connectivity index (χ3n) is 3.51. The molecule has 1 aliphatic carbocycles. The Labute approximate surface area is 109 Å². The monoisotopic (exact) mass is 303 g/mol. The third kappa shape index (κ3) is 2.48. The maximum absolute atomic E-state index is 5.77. The standard InChI is InChI=1S/C11H15BrClN3/c1-2-11(4-3-5-11)7-15-9-8(12)6-14-10(13)16-9/h6H,2-5,7H2,1H3,(H,14,15,16). The van der Waals surface area contributed by atoms with E-state index < -0.39 is 0 Å². The van der Waals surface area contributed by atoms with E-state index in [1.165, 1.54) is 25.7 Å². The van der Waals surface area contributed by atoms with Gasteiger partial charge in [-0.15, -0.1) is 0 Å². The molecule has 0 bridgehead atoms. The number of hydrogen-bond donors (Lipinski definition) is 1. The van der Waals surface area contributed by atoms with Gasteiger partial charge in [0, 0.05) is 12.7 Å². The Kier molecular flexibility index (Phi) is 3.70. The Morgan fingerprint density at radius 2 is 2.31 bits per heavy atom. The van der Waals surface area contributed by atoms with E-state index in [0.717, 1.165) is 16.8 Å². The van der Waals surface area contributed by atoms with E-state index in [2.05, 4.69) is 38.1 Å². The van der Waals surface area contributed by atoms with Gasteiger partial charge in [0.05, 0.1) is 4.47 Å². The van der Waals surface area contributed by atoms with Crippen molar-refractivity contribution < 1.29 is 0 Å². The first-order chi connectivity index (χ1) is 7.65. The second-order valence-corrected chi connectivity index (χ2v) is 5.59. The minimum atomic E-state index is 0.282. The van der Waals surface area contributed by atoms with Crippen LogP contribution in [0, 0.1) is 5.41 Å². The van der Waals surface area contributed by atoms with Crippen molar-refractivity contribution in [2.75, 3.05) is 11.9 Å². The quantitative estimate of drug-likeness (QED) is 0.858. The van der Waals surface area contributed by atoms with Gasteiger partial charge in [-0.05, 0) is 52.2 Å². The average molecular weight is 305 g/mol. The van der Waals surface area contributed by atoms with Gasteiger partial charge in [-0.1, -0.05) is 13.3 Å². The summed E-state index contributed by atoms with van der Waals surface area (Å²) in [5.74, 6) is 0.791. The van der Waals surface area contributed by atoms with Crippen molar-refractivity contribution >= 4 is 33.3 Å². The summed E-state index contributed by atoms with van der Waals surface area (Å²) in [5, 5.41) is 3.65. The zero-order valence-electron chi connectivity index (χ0n) is 9.26. The predicted molar refractivity (Wildman–Crippen MR) is 69.8 cm³/mol. The smallest absolute Gasteiger partial charge is 0.224 e. The number of rotatable bonds is 4. The van der Waals surface area contributed by atoms with Crippen LogP contribution in [0.25, 0.3) is 0 Å². The van der Waals surface area contributed by atoms with Gasteiger partial charge >= 0.3 is 0 Å². The first-order valence-electron chi connectivity index (χ1n) is 5.57. The SMILES string of the molecule is CCC1(CNc2nc(Cl)ncc2Br)CCC1. The lowest BCUT2D eigenvalue weighted by Crippen LogP contribution is -2.36. The van der Waals surface area contributed by atoms with E-state index in [1.807, 2.05) is 0 Å². The fraction of sp³-hybridized carbons (Fsp3) is 0.636. The highest BCUT2D eigenvalue weighted by Crippen LogP contribution is 2.43. The Bertz CT molecular complexity index is 374. The van der Waals surface area contributed by atoms with Gasteiger partial charge in [0.2, 0.25) is 5.28 Å². The molecule has 16 heavy (non-hydrogen) atoms. The van der Waals surface area contributed by atoms with E-state index >= 15 is 0 Å². The van der Waals surface area contributed by atoms with Crippen LogP contribution < -0.4 is 5.32 Å². The summed E-state index contributed by atoms with van der Waals surface area (Å²) in [6, 6.07) is 0. The maximum Gasteiger partial charge on any atom is 0.224 e. The molecule has 1 aromatic rings. The van der Waals surface area contributed by atoms with Crippen molar-refractivity contribution in [3.8, 4) is 0 Å². The van der Waals surface area contributed by atoms with Gasteiger partial charge in [-0.25, -0.2) is 4.98 Å². The first kappa shape index (κ1) is 12.1. The maximum atomic E-state index is 5.77. The molecule has 0 saturated heterocycles. The lowest BCUT2D eigenvalue weighted by atomic mass is 9.67. The van der Waals surface area contributed by atoms with Gasteiger partial charge in [-0.3, -0.25) is 0 Å². The van der Waals surface area contributed by atoms with Gasteiger partial charge in [-0.2, -0.15) is 4.98 Å². The fourth-order valence-corrected chi connectivity index (χ4v) is 2.54. The van der Waals surface area contributed by atoms with Crippen LogP contribution in [-0.4, -0.2) is 16.5 Å². The summed E-state index contributed by atoms with van der Waals surface area (Å²) in [5.41, 5.74) is 0.469. The highest BCUT2D eigenvalue weighted by molar-refractivity contribution is 9.10. The minimum Gasteiger partial charge on any atom is -0.368 e. The average Bonchev–Trinajstić information content (AvgIpc) is 2.22. The summed E-state index contributed by atoms with van der Waals surface area (Å²) in [6.07, 6.45) is 6.87. The molecule has 5 heteroatoms. The molecule has 2 rings (SSSR count). The normalized spacial score (nSPS) is 17.9. The molecule has 0 amide bonds. The van der Waals surface area contributed by atoms with Crippen LogP contribution in [0.15, 0.2) is 10.7 Å². The third-order valence-corrected chi connectivity index (χ3v) is 4.27. The molecule has 1 N–H and O–H groups in total. The Morgan fingerprint density at radius 1 is 1.56 bits per heavy atom. The van der Waals surface area contributed by atoms with Gasteiger partial charge < -0.3 is 5.32 Å². The zero-order chi connectivity index (χ0) is 11.6. The van der Waals surface area contributed by atoms with E-state index in [4.69, 9.17) is 11.6 Å². The number of anilines is 1. The van der Waals surface area contributed by atoms with Crippen molar-refractivity contribution in [1.82, 2.24) is 9.97 Å². The molecular formula is C11H15BrClN3. The molecule has 0 unspecified atom stereocenters. The van der Waals surface area contributed by atoms with E-state index in [-0.39, 0.29) is 5.28 Å². The molecule has 1 aromatic heterocycles. The molecule has 0 spiro atoms. The van der Waals surface area contributed by atoms with Crippen molar-refractivity contribution in [3.05, 3.63) is 16.0 Å². The Balaban J connectivity index is 2.01. The number of hydrogen-bond acceptors (Lipinski definition) is 3. The molecule has 0 aromatic carbocycles. The summed E-state index contributed by atoms with van der Waals surface area (Å²) < 4.78 is 0.863. The lowest BCUT2D eigenvalue weighted by molar-refractivity contribution is 0.145. The summed E-state index contributed by atoms with van der Waals surface area (Å²) in [6.45, 7) is 3.22. The Hall–Kier alpha value is -0.350. The van der Waals surface area contributed by atoms with Crippen LogP contribution in [0.3, 0.4) is 0 Å².